The number of nitriles is 1. The van der Waals surface area contributed by atoms with Gasteiger partial charge in [-0.25, -0.2) is 0 Å². The van der Waals surface area contributed by atoms with Crippen LogP contribution in [-0.4, -0.2) is 0 Å². The van der Waals surface area contributed by atoms with Crippen LogP contribution in [0.1, 0.15) is 63.9 Å². The Balaban J connectivity index is 1.43. The lowest BCUT2D eigenvalue weighted by Crippen LogP contribution is -2.33. The number of fused-ring (bicyclic) bond motifs is 11. The highest BCUT2D eigenvalue weighted by molar-refractivity contribution is 5.92. The number of nitrogens with two attached hydrogens (primary N) is 1. The van der Waals surface area contributed by atoms with Crippen molar-refractivity contribution in [2.24, 2.45) is 0 Å². The summed E-state index contributed by atoms with van der Waals surface area (Å²) in [5, 5.41) is 10.2. The van der Waals surface area contributed by atoms with Crippen LogP contribution >= 0.6 is 0 Å². The van der Waals surface area contributed by atoms with Gasteiger partial charge in [0.25, 0.3) is 0 Å². The van der Waals surface area contributed by atoms with E-state index in [0.29, 0.717) is 11.3 Å². The van der Waals surface area contributed by atoms with E-state index in [1.54, 1.807) is 0 Å². The van der Waals surface area contributed by atoms with E-state index in [9.17, 15) is 5.26 Å². The fourth-order valence-electron chi connectivity index (χ4n) is 8.93. The fraction of sp³-hybridized carbons (Fsp3) is 0.140. The molecule has 3 nitrogen and oxygen atoms in total. The Kier molecular flexibility index (Phi) is 5.51. The van der Waals surface area contributed by atoms with E-state index in [-0.39, 0.29) is 5.41 Å². The summed E-state index contributed by atoms with van der Waals surface area (Å²) in [7, 11) is 0. The van der Waals surface area contributed by atoms with E-state index in [4.69, 9.17) is 5.73 Å². The lowest BCUT2D eigenvalue weighted by molar-refractivity contribution is 0.631. The third kappa shape index (κ3) is 3.26. The zero-order valence-electron chi connectivity index (χ0n) is 26.0. The van der Waals surface area contributed by atoms with Crippen LogP contribution in [0.2, 0.25) is 0 Å². The Bertz CT molecular complexity index is 2190. The first-order chi connectivity index (χ1) is 22.5. The monoisotopic (exact) mass is 591 g/mol. The highest BCUT2D eigenvalue weighted by Crippen LogP contribution is 2.61. The summed E-state index contributed by atoms with van der Waals surface area (Å²) in [4.78, 5) is 2.50. The number of hydrogen-bond donors (Lipinski definition) is 1. The maximum absolute atomic E-state index is 10.2. The third-order valence-corrected chi connectivity index (χ3v) is 10.9. The van der Waals surface area contributed by atoms with Crippen molar-refractivity contribution in [1.29, 1.82) is 5.26 Å². The minimum absolute atomic E-state index is 0.141. The second-order valence-corrected chi connectivity index (χ2v) is 13.3. The molecule has 3 aliphatic rings. The van der Waals surface area contributed by atoms with Gasteiger partial charge in [-0.2, -0.15) is 5.26 Å². The van der Waals surface area contributed by atoms with Crippen molar-refractivity contribution in [3.63, 3.8) is 0 Å². The molecule has 2 N–H and O–H groups in total. The first-order valence-corrected chi connectivity index (χ1v) is 16.1. The van der Waals surface area contributed by atoms with Crippen molar-refractivity contribution in [2.45, 2.75) is 37.5 Å². The van der Waals surface area contributed by atoms with E-state index in [1.807, 2.05) is 6.07 Å². The van der Waals surface area contributed by atoms with E-state index in [1.165, 1.54) is 67.1 Å². The van der Waals surface area contributed by atoms with Gasteiger partial charge in [0.2, 0.25) is 0 Å². The summed E-state index contributed by atoms with van der Waals surface area (Å²) < 4.78 is 0. The Hall–Kier alpha value is -5.59. The maximum atomic E-state index is 10.2. The standard InChI is InChI=1S/C43H33N3/c1-42(2)35-16-7-9-19-38(35)46(39-20-10-8-17-36(39)42)37-21-11-18-34-31(37)25-24-27-22-23-28(26-44)41(45)40(27)43(34)32-14-5-3-12-29(32)30-13-4-6-15-33(30)43/h3-23H,24-25,45H2,1-2H3. The van der Waals surface area contributed by atoms with Crippen LogP contribution in [0.3, 0.4) is 0 Å². The predicted molar refractivity (Wildman–Crippen MR) is 187 cm³/mol. The largest absolute Gasteiger partial charge is 0.397 e. The molecule has 1 spiro atoms. The Morgan fingerprint density at radius 3 is 1.72 bits per heavy atom. The summed E-state index contributed by atoms with van der Waals surface area (Å²) in [6.45, 7) is 4.67. The summed E-state index contributed by atoms with van der Waals surface area (Å²) >= 11 is 0. The van der Waals surface area contributed by atoms with Gasteiger partial charge in [0.15, 0.2) is 0 Å². The van der Waals surface area contributed by atoms with Crippen LogP contribution < -0.4 is 10.6 Å². The van der Waals surface area contributed by atoms with Gasteiger partial charge >= 0.3 is 0 Å². The van der Waals surface area contributed by atoms with Crippen LogP contribution in [0, 0.1) is 11.3 Å². The molecule has 2 aliphatic carbocycles. The summed E-state index contributed by atoms with van der Waals surface area (Å²) in [5.41, 5.74) is 23.4. The van der Waals surface area contributed by atoms with Gasteiger partial charge in [0.05, 0.1) is 28.0 Å². The topological polar surface area (TPSA) is 53.0 Å². The number of nitrogen functional groups attached to an aromatic ring is 1. The SMILES string of the molecule is CC1(C)c2ccccc2N(c2cccc3c2CCc2ccc(C#N)c(N)c2C32c3ccccc3-c3ccccc32)c2ccccc21. The molecule has 0 unspecified atom stereocenters. The molecule has 3 heteroatoms. The van der Waals surface area contributed by atoms with Crippen LogP contribution in [-0.2, 0) is 23.7 Å². The number of aryl methyl sites for hydroxylation is 1. The summed E-state index contributed by atoms with van der Waals surface area (Å²) in [6.07, 6.45) is 1.67. The summed E-state index contributed by atoms with van der Waals surface area (Å²) in [6, 6.07) is 48.6. The van der Waals surface area contributed by atoms with Crippen LogP contribution in [0.5, 0.6) is 0 Å². The van der Waals surface area contributed by atoms with Gasteiger partial charge in [0, 0.05) is 11.1 Å². The third-order valence-electron chi connectivity index (χ3n) is 10.9. The van der Waals surface area contributed by atoms with Gasteiger partial charge in [0.1, 0.15) is 6.07 Å². The first-order valence-electron chi connectivity index (χ1n) is 16.1. The number of hydrogen-bond acceptors (Lipinski definition) is 3. The predicted octanol–water partition coefficient (Wildman–Crippen LogP) is 9.71. The molecule has 0 atom stereocenters. The molecule has 6 aromatic rings. The lowest BCUT2D eigenvalue weighted by Gasteiger charge is -2.43. The fourth-order valence-corrected chi connectivity index (χ4v) is 8.93. The maximum Gasteiger partial charge on any atom is 0.101 e. The molecule has 0 saturated heterocycles. The molecule has 0 bridgehead atoms. The molecule has 0 amide bonds. The molecular weight excluding hydrogens is 558 g/mol. The molecule has 6 aromatic carbocycles. The first kappa shape index (κ1) is 26.8. The average Bonchev–Trinajstić information content (AvgIpc) is 3.28. The second kappa shape index (κ2) is 9.46. The Morgan fingerprint density at radius 1 is 0.587 bits per heavy atom. The van der Waals surface area contributed by atoms with Crippen LogP contribution in [0.4, 0.5) is 22.7 Å². The van der Waals surface area contributed by atoms with Gasteiger partial charge in [-0.15, -0.1) is 0 Å². The molecule has 0 saturated carbocycles. The van der Waals surface area contributed by atoms with Crippen LogP contribution in [0.15, 0.2) is 127 Å². The highest BCUT2D eigenvalue weighted by Gasteiger charge is 2.51. The molecule has 220 valence electrons. The van der Waals surface area contributed by atoms with Crippen molar-refractivity contribution in [3.8, 4) is 17.2 Å². The number of para-hydroxylation sites is 2. The normalized spacial score (nSPS) is 15.8. The van der Waals surface area contributed by atoms with Gasteiger partial charge in [-0.05, 0) is 92.7 Å². The smallest absolute Gasteiger partial charge is 0.101 e. The van der Waals surface area contributed by atoms with Crippen molar-refractivity contribution >= 4 is 22.7 Å². The zero-order chi connectivity index (χ0) is 31.2. The quantitative estimate of drug-likeness (QED) is 0.193. The minimum Gasteiger partial charge on any atom is -0.397 e. The second-order valence-electron chi connectivity index (χ2n) is 13.3. The Morgan fingerprint density at radius 2 is 1.11 bits per heavy atom. The van der Waals surface area contributed by atoms with E-state index < -0.39 is 5.41 Å². The van der Waals surface area contributed by atoms with Crippen molar-refractivity contribution in [2.75, 3.05) is 10.6 Å². The molecule has 1 heterocycles. The highest BCUT2D eigenvalue weighted by atomic mass is 15.2. The van der Waals surface area contributed by atoms with E-state index in [2.05, 4.69) is 146 Å². The number of rotatable bonds is 1. The van der Waals surface area contributed by atoms with Crippen molar-refractivity contribution < 1.29 is 0 Å². The molecule has 9 rings (SSSR count). The molecule has 0 radical (unpaired) electrons. The Labute approximate surface area is 270 Å². The van der Waals surface area contributed by atoms with Gasteiger partial charge in [-0.3, -0.25) is 0 Å². The number of anilines is 4. The molecule has 0 fully saturated rings. The van der Waals surface area contributed by atoms with Gasteiger partial charge < -0.3 is 10.6 Å². The zero-order valence-corrected chi connectivity index (χ0v) is 26.0. The van der Waals surface area contributed by atoms with Gasteiger partial charge in [-0.1, -0.05) is 117 Å². The average molecular weight is 592 g/mol. The molecular formula is C43H33N3. The van der Waals surface area contributed by atoms with Crippen LogP contribution in [0.25, 0.3) is 11.1 Å². The molecule has 46 heavy (non-hydrogen) atoms. The molecule has 0 aromatic heterocycles. The van der Waals surface area contributed by atoms with Crippen molar-refractivity contribution in [3.05, 3.63) is 177 Å². The number of nitrogens with zero attached hydrogens (tertiary/aromatic N) is 2. The van der Waals surface area contributed by atoms with E-state index in [0.717, 1.165) is 18.4 Å². The summed E-state index contributed by atoms with van der Waals surface area (Å²) in [5.74, 6) is 0. The number of benzene rings is 6. The molecule has 1 aliphatic heterocycles. The van der Waals surface area contributed by atoms with E-state index >= 15 is 0 Å². The van der Waals surface area contributed by atoms with Crippen molar-refractivity contribution in [1.82, 2.24) is 0 Å². The minimum atomic E-state index is -0.671. The lowest BCUT2D eigenvalue weighted by atomic mass is 9.65.